The summed E-state index contributed by atoms with van der Waals surface area (Å²) in [6, 6.07) is 11.0. The van der Waals surface area contributed by atoms with Crippen molar-refractivity contribution in [2.75, 3.05) is 25.9 Å². The molecule has 10 heteroatoms. The minimum absolute atomic E-state index is 0.282. The molecule has 2 heterocycles. The molecule has 1 aromatic carbocycles. The second-order valence-electron chi connectivity index (χ2n) is 8.81. The van der Waals surface area contributed by atoms with Crippen molar-refractivity contribution in [3.05, 3.63) is 57.8 Å². The Morgan fingerprint density at radius 2 is 1.88 bits per heavy atom. The first-order chi connectivity index (χ1) is 16.1. The van der Waals surface area contributed by atoms with Crippen LogP contribution in [-0.2, 0) is 13.2 Å². The summed E-state index contributed by atoms with van der Waals surface area (Å²) in [5.74, 6) is 2.80. The maximum atomic E-state index is 12.9. The van der Waals surface area contributed by atoms with Crippen LogP contribution in [0.5, 0.6) is 0 Å². The van der Waals surface area contributed by atoms with E-state index in [-0.39, 0.29) is 5.69 Å². The van der Waals surface area contributed by atoms with Crippen LogP contribution >= 0.6 is 27.7 Å². The van der Waals surface area contributed by atoms with E-state index >= 15 is 0 Å². The summed E-state index contributed by atoms with van der Waals surface area (Å²) in [5, 5.41) is 9.18. The third kappa shape index (κ3) is 6.01. The molecule has 2 unspecified atom stereocenters. The number of hydrogen-bond donors (Lipinski definition) is 0. The number of nitrogens with zero attached hydrogens (tertiary/aromatic N) is 5. The topological polar surface area (TPSA) is 46.8 Å². The number of aromatic nitrogens is 4. The maximum Gasteiger partial charge on any atom is 0.433 e. The molecule has 182 valence electrons. The van der Waals surface area contributed by atoms with Crippen LogP contribution in [0.25, 0.3) is 11.4 Å². The monoisotopic (exact) mass is 553 g/mol. The fourth-order valence-corrected chi connectivity index (χ4v) is 5.29. The van der Waals surface area contributed by atoms with Gasteiger partial charge < -0.3 is 9.47 Å². The van der Waals surface area contributed by atoms with Gasteiger partial charge in [-0.2, -0.15) is 13.2 Å². The van der Waals surface area contributed by atoms with Gasteiger partial charge in [-0.3, -0.25) is 0 Å². The Labute approximate surface area is 210 Å². The van der Waals surface area contributed by atoms with Gasteiger partial charge in [0, 0.05) is 35.1 Å². The molecule has 34 heavy (non-hydrogen) atoms. The molecule has 1 fully saturated rings. The number of benzene rings is 1. The van der Waals surface area contributed by atoms with E-state index in [1.807, 2.05) is 11.6 Å². The van der Waals surface area contributed by atoms with Crippen molar-refractivity contribution in [3.8, 4) is 11.4 Å². The molecule has 1 aliphatic carbocycles. The Hall–Kier alpha value is -1.91. The van der Waals surface area contributed by atoms with Gasteiger partial charge >= 0.3 is 6.18 Å². The average molecular weight is 554 g/mol. The van der Waals surface area contributed by atoms with Crippen LogP contribution in [0, 0.1) is 12.8 Å². The molecule has 0 N–H and O–H groups in total. The Morgan fingerprint density at radius 3 is 2.56 bits per heavy atom. The first-order valence-electron chi connectivity index (χ1n) is 11.1. The van der Waals surface area contributed by atoms with Crippen molar-refractivity contribution >= 4 is 27.7 Å². The molecule has 0 saturated heterocycles. The summed E-state index contributed by atoms with van der Waals surface area (Å²) in [6.07, 6.45) is -2.20. The molecule has 2 atom stereocenters. The van der Waals surface area contributed by atoms with Crippen molar-refractivity contribution in [1.82, 2.24) is 24.6 Å². The van der Waals surface area contributed by atoms with E-state index in [1.54, 1.807) is 18.7 Å². The Bertz CT molecular complexity index is 1130. The van der Waals surface area contributed by atoms with E-state index in [9.17, 15) is 13.2 Å². The van der Waals surface area contributed by atoms with Crippen molar-refractivity contribution < 1.29 is 13.2 Å². The average Bonchev–Trinajstić information content (AvgIpc) is 3.44. The van der Waals surface area contributed by atoms with Crippen molar-refractivity contribution in [3.63, 3.8) is 0 Å². The van der Waals surface area contributed by atoms with E-state index in [2.05, 4.69) is 67.3 Å². The van der Waals surface area contributed by atoms with Crippen molar-refractivity contribution in [2.24, 2.45) is 13.0 Å². The van der Waals surface area contributed by atoms with Gasteiger partial charge in [-0.1, -0.05) is 39.8 Å². The fourth-order valence-electron chi connectivity index (χ4n) is 4.19. The zero-order chi connectivity index (χ0) is 24.5. The normalized spacial score (nSPS) is 18.0. The standard InChI is InChI=1S/C24H27BrF3N5S/c1-15-19(9-10-21(29-15)24(26,27)28)22-30-31-23(33(22)3)34-12-4-11-32(2)14-17-13-20(17)16-5-7-18(25)8-6-16/h5-10,17,20H,4,11-14H2,1-3H3. The molecule has 3 aromatic rings. The van der Waals surface area contributed by atoms with Crippen LogP contribution < -0.4 is 0 Å². The van der Waals surface area contributed by atoms with Crippen LogP contribution in [-0.4, -0.2) is 50.5 Å². The lowest BCUT2D eigenvalue weighted by Gasteiger charge is -2.16. The summed E-state index contributed by atoms with van der Waals surface area (Å²) >= 11 is 5.10. The number of rotatable bonds is 9. The van der Waals surface area contributed by atoms with Gasteiger partial charge in [0.05, 0.1) is 0 Å². The Morgan fingerprint density at radius 1 is 1.15 bits per heavy atom. The number of alkyl halides is 3. The van der Waals surface area contributed by atoms with E-state index in [4.69, 9.17) is 0 Å². The molecule has 0 amide bonds. The summed E-state index contributed by atoms with van der Waals surface area (Å²) in [4.78, 5) is 6.09. The van der Waals surface area contributed by atoms with Crippen LogP contribution in [0.4, 0.5) is 13.2 Å². The molecule has 0 spiro atoms. The van der Waals surface area contributed by atoms with Gasteiger partial charge in [0.1, 0.15) is 5.69 Å². The molecule has 5 nitrogen and oxygen atoms in total. The smallest absolute Gasteiger partial charge is 0.306 e. The van der Waals surface area contributed by atoms with Gasteiger partial charge in [-0.15, -0.1) is 10.2 Å². The minimum Gasteiger partial charge on any atom is -0.306 e. The SMILES string of the molecule is Cc1nc(C(F)(F)F)ccc1-c1nnc(SCCCN(C)CC2CC2c2ccc(Br)cc2)n1C. The largest absolute Gasteiger partial charge is 0.433 e. The van der Waals surface area contributed by atoms with Crippen LogP contribution in [0.15, 0.2) is 46.0 Å². The lowest BCUT2D eigenvalue weighted by Crippen LogP contribution is -2.23. The van der Waals surface area contributed by atoms with E-state index in [1.165, 1.54) is 18.1 Å². The highest BCUT2D eigenvalue weighted by atomic mass is 79.9. The number of aryl methyl sites for hydroxylation is 1. The van der Waals surface area contributed by atoms with E-state index in [0.717, 1.165) is 46.9 Å². The molecule has 4 rings (SSSR count). The van der Waals surface area contributed by atoms with Gasteiger partial charge in [0.2, 0.25) is 0 Å². The minimum atomic E-state index is -4.46. The van der Waals surface area contributed by atoms with Crippen molar-refractivity contribution in [2.45, 2.75) is 37.0 Å². The van der Waals surface area contributed by atoms with Crippen LogP contribution in [0.3, 0.4) is 0 Å². The predicted molar refractivity (Wildman–Crippen MR) is 132 cm³/mol. The summed E-state index contributed by atoms with van der Waals surface area (Å²) in [6.45, 7) is 3.66. The highest BCUT2D eigenvalue weighted by Crippen LogP contribution is 2.47. The Balaban J connectivity index is 1.24. The Kier molecular flexibility index (Phi) is 7.69. The number of hydrogen-bond acceptors (Lipinski definition) is 5. The highest BCUT2D eigenvalue weighted by molar-refractivity contribution is 9.10. The quantitative estimate of drug-likeness (QED) is 0.234. The molecular weight excluding hydrogens is 527 g/mol. The lowest BCUT2D eigenvalue weighted by molar-refractivity contribution is -0.141. The first kappa shape index (κ1) is 25.2. The summed E-state index contributed by atoms with van der Waals surface area (Å²) < 4.78 is 41.6. The molecule has 2 aromatic heterocycles. The van der Waals surface area contributed by atoms with Gasteiger partial charge in [0.25, 0.3) is 0 Å². The fraction of sp³-hybridized carbons (Fsp3) is 0.458. The van der Waals surface area contributed by atoms with E-state index < -0.39 is 11.9 Å². The second kappa shape index (κ2) is 10.4. The van der Waals surface area contributed by atoms with Gasteiger partial charge in [0.15, 0.2) is 11.0 Å². The molecular formula is C24H27BrF3N5S. The second-order valence-corrected chi connectivity index (χ2v) is 10.8. The molecule has 0 bridgehead atoms. The third-order valence-electron chi connectivity index (χ3n) is 6.13. The van der Waals surface area contributed by atoms with Gasteiger partial charge in [-0.05, 0) is 75.0 Å². The molecule has 1 aliphatic rings. The molecule has 0 radical (unpaired) electrons. The van der Waals surface area contributed by atoms with E-state index in [0.29, 0.717) is 17.3 Å². The van der Waals surface area contributed by atoms with Crippen LogP contribution in [0.2, 0.25) is 0 Å². The summed E-state index contributed by atoms with van der Waals surface area (Å²) in [7, 11) is 4.00. The zero-order valence-electron chi connectivity index (χ0n) is 19.3. The summed E-state index contributed by atoms with van der Waals surface area (Å²) in [5.41, 5.74) is 1.36. The number of thioether (sulfide) groups is 1. The maximum absolute atomic E-state index is 12.9. The molecule has 1 saturated carbocycles. The van der Waals surface area contributed by atoms with Gasteiger partial charge in [-0.25, -0.2) is 4.98 Å². The number of halogens is 4. The first-order valence-corrected chi connectivity index (χ1v) is 12.9. The zero-order valence-corrected chi connectivity index (χ0v) is 21.7. The third-order valence-corrected chi connectivity index (χ3v) is 7.77. The highest BCUT2D eigenvalue weighted by Gasteiger charge is 2.38. The molecule has 0 aliphatic heterocycles. The lowest BCUT2D eigenvalue weighted by atomic mass is 10.1. The number of pyridine rings is 1. The predicted octanol–water partition coefficient (Wildman–Crippen LogP) is 6.18. The van der Waals surface area contributed by atoms with Crippen molar-refractivity contribution in [1.29, 1.82) is 0 Å². The van der Waals surface area contributed by atoms with Crippen LogP contribution in [0.1, 0.15) is 35.7 Å².